The normalized spacial score (nSPS) is 17.4. The molecule has 1 saturated carbocycles. The smallest absolute Gasteiger partial charge is 0.329 e. The zero-order valence-electron chi connectivity index (χ0n) is 9.52. The predicted octanol–water partition coefficient (Wildman–Crippen LogP) is 1.26. The number of carboxylic acids is 1. The Morgan fingerprint density at radius 1 is 1.33 bits per heavy atom. The fourth-order valence-electron chi connectivity index (χ4n) is 2.10. The second-order valence-electron chi connectivity index (χ2n) is 4.28. The molecule has 2 N–H and O–H groups in total. The third kappa shape index (κ3) is 2.43. The van der Waals surface area contributed by atoms with E-state index in [1.807, 2.05) is 0 Å². The number of amides is 1. The summed E-state index contributed by atoms with van der Waals surface area (Å²) in [4.78, 5) is 30.8. The highest BCUT2D eigenvalue weighted by Gasteiger charge is 2.42. The lowest BCUT2D eigenvalue weighted by atomic mass is 9.97. The molecule has 18 heavy (non-hydrogen) atoms. The van der Waals surface area contributed by atoms with Crippen molar-refractivity contribution in [2.24, 2.45) is 0 Å². The summed E-state index contributed by atoms with van der Waals surface area (Å²) in [6, 6.07) is 0. The van der Waals surface area contributed by atoms with Crippen molar-refractivity contribution >= 4 is 23.5 Å². The van der Waals surface area contributed by atoms with E-state index in [9.17, 15) is 14.7 Å². The summed E-state index contributed by atoms with van der Waals surface area (Å²) in [6.45, 7) is 0. The number of carbonyl (C=O) groups is 2. The van der Waals surface area contributed by atoms with Gasteiger partial charge in [-0.25, -0.2) is 9.78 Å². The average molecular weight is 270 g/mol. The van der Waals surface area contributed by atoms with Gasteiger partial charge in [0, 0.05) is 0 Å². The van der Waals surface area contributed by atoms with Gasteiger partial charge in [0.25, 0.3) is 5.91 Å². The van der Waals surface area contributed by atoms with Gasteiger partial charge in [-0.05, 0) is 12.8 Å². The molecule has 2 rings (SSSR count). The first kappa shape index (κ1) is 12.8. The van der Waals surface area contributed by atoms with E-state index in [1.54, 1.807) is 0 Å². The van der Waals surface area contributed by atoms with E-state index < -0.39 is 17.4 Å². The summed E-state index contributed by atoms with van der Waals surface area (Å²) < 4.78 is 0. The van der Waals surface area contributed by atoms with Crippen LogP contribution >= 0.6 is 11.6 Å². The molecule has 0 unspecified atom stereocenters. The van der Waals surface area contributed by atoms with Gasteiger partial charge in [0.05, 0.1) is 12.4 Å². The van der Waals surface area contributed by atoms with E-state index in [-0.39, 0.29) is 10.8 Å². The van der Waals surface area contributed by atoms with Crippen LogP contribution in [0, 0.1) is 0 Å². The standard InChI is InChI=1S/C11H12ClN3O3/c12-8-6-13-5-7(14-8)9(16)15-11(10(17)18)3-1-2-4-11/h5-6H,1-4H2,(H,15,16)(H,17,18). The zero-order valence-corrected chi connectivity index (χ0v) is 10.3. The van der Waals surface area contributed by atoms with Crippen LogP contribution in [-0.4, -0.2) is 32.5 Å². The molecule has 0 atom stereocenters. The fraction of sp³-hybridized carbons (Fsp3) is 0.455. The van der Waals surface area contributed by atoms with Crippen molar-refractivity contribution in [3.8, 4) is 0 Å². The van der Waals surface area contributed by atoms with Gasteiger partial charge in [-0.3, -0.25) is 9.78 Å². The molecule has 0 radical (unpaired) electrons. The molecule has 1 aliphatic carbocycles. The summed E-state index contributed by atoms with van der Waals surface area (Å²) in [5.74, 6) is -1.57. The molecule has 0 spiro atoms. The van der Waals surface area contributed by atoms with Gasteiger partial charge in [0.15, 0.2) is 0 Å². The Morgan fingerprint density at radius 2 is 2.00 bits per heavy atom. The molecular weight excluding hydrogens is 258 g/mol. The Morgan fingerprint density at radius 3 is 2.56 bits per heavy atom. The molecule has 6 nitrogen and oxygen atoms in total. The minimum atomic E-state index is -1.18. The van der Waals surface area contributed by atoms with Crippen LogP contribution in [0.1, 0.15) is 36.2 Å². The first-order valence-corrected chi connectivity index (χ1v) is 5.95. The molecule has 1 heterocycles. The number of hydrogen-bond acceptors (Lipinski definition) is 4. The highest BCUT2D eigenvalue weighted by atomic mass is 35.5. The molecule has 0 aliphatic heterocycles. The van der Waals surface area contributed by atoms with Crippen molar-refractivity contribution in [3.63, 3.8) is 0 Å². The van der Waals surface area contributed by atoms with Gasteiger partial charge in [0.1, 0.15) is 16.4 Å². The highest BCUT2D eigenvalue weighted by Crippen LogP contribution is 2.30. The molecule has 1 aromatic rings. The van der Waals surface area contributed by atoms with Crippen LogP contribution in [0.25, 0.3) is 0 Å². The number of aliphatic carboxylic acids is 1. The van der Waals surface area contributed by atoms with E-state index in [2.05, 4.69) is 15.3 Å². The number of carboxylic acid groups (broad SMARTS) is 1. The summed E-state index contributed by atoms with van der Waals surface area (Å²) in [5.41, 5.74) is -1.16. The molecule has 1 aliphatic rings. The number of nitrogens with one attached hydrogen (secondary N) is 1. The Balaban J connectivity index is 2.18. The maximum atomic E-state index is 11.9. The quantitative estimate of drug-likeness (QED) is 0.862. The number of nitrogens with zero attached hydrogens (tertiary/aromatic N) is 2. The van der Waals surface area contributed by atoms with Crippen molar-refractivity contribution in [2.45, 2.75) is 31.2 Å². The lowest BCUT2D eigenvalue weighted by molar-refractivity contribution is -0.144. The predicted molar refractivity (Wildman–Crippen MR) is 63.3 cm³/mol. The molecule has 0 aromatic carbocycles. The van der Waals surface area contributed by atoms with Gasteiger partial charge in [-0.1, -0.05) is 24.4 Å². The van der Waals surface area contributed by atoms with E-state index in [0.29, 0.717) is 12.8 Å². The Labute approximate surface area is 108 Å². The van der Waals surface area contributed by atoms with Gasteiger partial charge in [-0.2, -0.15) is 0 Å². The largest absolute Gasteiger partial charge is 0.480 e. The van der Waals surface area contributed by atoms with Crippen molar-refractivity contribution in [3.05, 3.63) is 23.2 Å². The Hall–Kier alpha value is -1.69. The Kier molecular flexibility index (Phi) is 3.47. The van der Waals surface area contributed by atoms with Crippen LogP contribution < -0.4 is 5.32 Å². The van der Waals surface area contributed by atoms with Gasteiger partial charge >= 0.3 is 5.97 Å². The zero-order chi connectivity index (χ0) is 13.2. The van der Waals surface area contributed by atoms with Gasteiger partial charge in [-0.15, -0.1) is 0 Å². The van der Waals surface area contributed by atoms with Crippen LogP contribution in [0.5, 0.6) is 0 Å². The maximum absolute atomic E-state index is 11.9. The second-order valence-corrected chi connectivity index (χ2v) is 4.66. The molecule has 1 fully saturated rings. The number of hydrogen-bond donors (Lipinski definition) is 2. The van der Waals surface area contributed by atoms with Crippen LogP contribution in [0.2, 0.25) is 5.15 Å². The molecule has 7 heteroatoms. The monoisotopic (exact) mass is 269 g/mol. The van der Waals surface area contributed by atoms with E-state index in [1.165, 1.54) is 12.4 Å². The van der Waals surface area contributed by atoms with Crippen LogP contribution in [0.15, 0.2) is 12.4 Å². The summed E-state index contributed by atoms with van der Waals surface area (Å²) >= 11 is 5.63. The second kappa shape index (κ2) is 4.89. The van der Waals surface area contributed by atoms with E-state index >= 15 is 0 Å². The number of carbonyl (C=O) groups excluding carboxylic acids is 1. The first-order valence-electron chi connectivity index (χ1n) is 5.57. The Bertz CT molecular complexity index is 486. The number of rotatable bonds is 3. The minimum absolute atomic E-state index is 0.0232. The molecule has 1 amide bonds. The van der Waals surface area contributed by atoms with Gasteiger partial charge in [0.2, 0.25) is 0 Å². The minimum Gasteiger partial charge on any atom is -0.480 e. The average Bonchev–Trinajstić information content (AvgIpc) is 2.79. The van der Waals surface area contributed by atoms with Crippen LogP contribution in [-0.2, 0) is 4.79 Å². The van der Waals surface area contributed by atoms with Crippen LogP contribution in [0.3, 0.4) is 0 Å². The molecule has 1 aromatic heterocycles. The third-order valence-electron chi connectivity index (χ3n) is 3.06. The molecule has 0 saturated heterocycles. The SMILES string of the molecule is O=C(NC1(C(=O)O)CCCC1)c1cncc(Cl)n1. The third-order valence-corrected chi connectivity index (χ3v) is 3.24. The first-order chi connectivity index (χ1) is 8.53. The molecule has 96 valence electrons. The maximum Gasteiger partial charge on any atom is 0.329 e. The fourth-order valence-corrected chi connectivity index (χ4v) is 2.25. The molecule has 0 bridgehead atoms. The van der Waals surface area contributed by atoms with Crippen molar-refractivity contribution < 1.29 is 14.7 Å². The highest BCUT2D eigenvalue weighted by molar-refractivity contribution is 6.29. The summed E-state index contributed by atoms with van der Waals surface area (Å²) in [6.07, 6.45) is 5.00. The van der Waals surface area contributed by atoms with Crippen molar-refractivity contribution in [1.82, 2.24) is 15.3 Å². The van der Waals surface area contributed by atoms with Gasteiger partial charge < -0.3 is 10.4 Å². The number of halogens is 1. The van der Waals surface area contributed by atoms with Crippen molar-refractivity contribution in [1.29, 1.82) is 0 Å². The van der Waals surface area contributed by atoms with E-state index in [0.717, 1.165) is 12.8 Å². The van der Waals surface area contributed by atoms with Crippen molar-refractivity contribution in [2.75, 3.05) is 0 Å². The lowest BCUT2D eigenvalue weighted by Crippen LogP contribution is -2.52. The van der Waals surface area contributed by atoms with Crippen LogP contribution in [0.4, 0.5) is 0 Å². The topological polar surface area (TPSA) is 92.2 Å². The van der Waals surface area contributed by atoms with E-state index in [4.69, 9.17) is 11.6 Å². The summed E-state index contributed by atoms with van der Waals surface area (Å²) in [5, 5.41) is 11.9. The molecular formula is C11H12ClN3O3. The lowest BCUT2D eigenvalue weighted by Gasteiger charge is -2.24. The summed E-state index contributed by atoms with van der Waals surface area (Å²) in [7, 11) is 0. The number of aromatic nitrogens is 2.